The van der Waals surface area contributed by atoms with Crippen molar-refractivity contribution in [3.63, 3.8) is 0 Å². The molecular formula is C13H18N2O2S. The van der Waals surface area contributed by atoms with E-state index in [0.29, 0.717) is 12.1 Å². The first-order valence-corrected chi connectivity index (χ1v) is 7.31. The molecule has 2 rings (SSSR count). The van der Waals surface area contributed by atoms with E-state index in [9.17, 15) is 9.90 Å². The lowest BCUT2D eigenvalue weighted by Gasteiger charge is -2.17. The Kier molecular flexibility index (Phi) is 4.24. The van der Waals surface area contributed by atoms with Gasteiger partial charge in [0.05, 0.1) is 16.7 Å². The molecule has 4 nitrogen and oxygen atoms in total. The summed E-state index contributed by atoms with van der Waals surface area (Å²) < 4.78 is 0. The van der Waals surface area contributed by atoms with Crippen molar-refractivity contribution in [1.29, 1.82) is 0 Å². The summed E-state index contributed by atoms with van der Waals surface area (Å²) in [5.41, 5.74) is 0.624. The Morgan fingerprint density at radius 1 is 1.61 bits per heavy atom. The maximum Gasteiger partial charge on any atom is 0.255 e. The average molecular weight is 266 g/mol. The normalized spacial score (nSPS) is 21.1. The second-order valence-electron chi connectivity index (χ2n) is 4.63. The lowest BCUT2D eigenvalue weighted by atomic mass is 10.0. The van der Waals surface area contributed by atoms with E-state index >= 15 is 0 Å². The largest absolute Gasteiger partial charge is 0.393 e. The number of likely N-dealkylation sites (tertiary alicyclic amines) is 1. The van der Waals surface area contributed by atoms with Crippen LogP contribution in [0.1, 0.15) is 23.7 Å². The van der Waals surface area contributed by atoms with Crippen molar-refractivity contribution >= 4 is 17.7 Å². The molecule has 1 saturated heterocycles. The summed E-state index contributed by atoms with van der Waals surface area (Å²) in [6, 6.07) is 3.68. The molecule has 2 unspecified atom stereocenters. The molecule has 0 saturated carbocycles. The van der Waals surface area contributed by atoms with Gasteiger partial charge >= 0.3 is 0 Å². The summed E-state index contributed by atoms with van der Waals surface area (Å²) in [6.07, 6.45) is 4.11. The minimum absolute atomic E-state index is 0.0123. The third-order valence-electron chi connectivity index (χ3n) is 3.39. The fourth-order valence-electron chi connectivity index (χ4n) is 2.18. The Hall–Kier alpha value is -1.07. The Bertz CT molecular complexity index is 420. The second kappa shape index (κ2) is 5.71. The van der Waals surface area contributed by atoms with Crippen LogP contribution in [0.5, 0.6) is 0 Å². The van der Waals surface area contributed by atoms with E-state index in [-0.39, 0.29) is 17.9 Å². The number of thioether (sulfide) groups is 1. The summed E-state index contributed by atoms with van der Waals surface area (Å²) in [4.78, 5) is 18.2. The van der Waals surface area contributed by atoms with Crippen LogP contribution in [-0.2, 0) is 0 Å². The van der Waals surface area contributed by atoms with Gasteiger partial charge in [-0.3, -0.25) is 4.79 Å². The van der Waals surface area contributed by atoms with E-state index in [2.05, 4.69) is 4.98 Å². The number of pyridine rings is 1. The van der Waals surface area contributed by atoms with Gasteiger partial charge in [0, 0.05) is 25.2 Å². The first-order chi connectivity index (χ1) is 8.61. The number of nitrogens with zero attached hydrogens (tertiary/aromatic N) is 2. The molecule has 98 valence electrons. The predicted octanol–water partition coefficient (Wildman–Crippen LogP) is 1.65. The fourth-order valence-corrected chi connectivity index (χ4v) is 2.54. The third-order valence-corrected chi connectivity index (χ3v) is 4.05. The zero-order valence-electron chi connectivity index (χ0n) is 10.7. The predicted molar refractivity (Wildman–Crippen MR) is 71.7 cm³/mol. The zero-order valence-corrected chi connectivity index (χ0v) is 11.5. The summed E-state index contributed by atoms with van der Waals surface area (Å²) in [5.74, 6) is 0.214. The van der Waals surface area contributed by atoms with Crippen LogP contribution in [-0.4, -0.2) is 46.3 Å². The number of aliphatic hydroxyl groups is 1. The maximum absolute atomic E-state index is 12.2. The minimum atomic E-state index is -0.347. The van der Waals surface area contributed by atoms with E-state index in [1.165, 1.54) is 0 Å². The van der Waals surface area contributed by atoms with Crippen molar-refractivity contribution in [2.75, 3.05) is 19.3 Å². The second-order valence-corrected chi connectivity index (χ2v) is 5.46. The van der Waals surface area contributed by atoms with Gasteiger partial charge in [0.1, 0.15) is 0 Å². The van der Waals surface area contributed by atoms with Crippen molar-refractivity contribution in [3.05, 3.63) is 23.9 Å². The number of hydrogen-bond acceptors (Lipinski definition) is 4. The fraction of sp³-hybridized carbons (Fsp3) is 0.538. The summed E-state index contributed by atoms with van der Waals surface area (Å²) in [7, 11) is 0. The number of aromatic nitrogens is 1. The Morgan fingerprint density at radius 3 is 2.89 bits per heavy atom. The number of rotatable bonds is 3. The molecule has 0 spiro atoms. The van der Waals surface area contributed by atoms with Crippen LogP contribution in [0.25, 0.3) is 0 Å². The first-order valence-electron chi connectivity index (χ1n) is 6.09. The third kappa shape index (κ3) is 2.84. The zero-order chi connectivity index (χ0) is 13.1. The van der Waals surface area contributed by atoms with Crippen molar-refractivity contribution in [3.8, 4) is 0 Å². The monoisotopic (exact) mass is 266 g/mol. The number of amides is 1. The lowest BCUT2D eigenvalue weighted by molar-refractivity contribution is 0.0762. The number of aliphatic hydroxyl groups excluding tert-OH is 1. The standard InChI is InChI=1S/C13H18N2O2S/c1-9(16)11-5-6-15(8-11)13(17)10-3-4-12(18-2)14-7-10/h3-4,7,9,11,16H,5-6,8H2,1-2H3. The van der Waals surface area contributed by atoms with E-state index in [1.54, 1.807) is 29.8 Å². The van der Waals surface area contributed by atoms with Gasteiger partial charge in [-0.15, -0.1) is 11.8 Å². The molecule has 1 amide bonds. The molecule has 1 aromatic rings. The van der Waals surface area contributed by atoms with E-state index in [0.717, 1.165) is 18.0 Å². The number of carbonyl (C=O) groups is 1. The molecule has 1 fully saturated rings. The van der Waals surface area contributed by atoms with Gasteiger partial charge in [0.2, 0.25) is 0 Å². The number of hydrogen-bond donors (Lipinski definition) is 1. The van der Waals surface area contributed by atoms with Gasteiger partial charge in [-0.2, -0.15) is 0 Å². The van der Waals surface area contributed by atoms with Gasteiger partial charge < -0.3 is 10.0 Å². The van der Waals surface area contributed by atoms with Crippen LogP contribution in [0.4, 0.5) is 0 Å². The van der Waals surface area contributed by atoms with Crippen LogP contribution in [0.2, 0.25) is 0 Å². The highest BCUT2D eigenvalue weighted by Crippen LogP contribution is 2.21. The smallest absolute Gasteiger partial charge is 0.255 e. The van der Waals surface area contributed by atoms with Crippen LogP contribution < -0.4 is 0 Å². The highest BCUT2D eigenvalue weighted by molar-refractivity contribution is 7.98. The molecule has 0 aliphatic carbocycles. The van der Waals surface area contributed by atoms with Crippen LogP contribution in [0.3, 0.4) is 0 Å². The molecule has 18 heavy (non-hydrogen) atoms. The number of carbonyl (C=O) groups excluding carboxylic acids is 1. The lowest BCUT2D eigenvalue weighted by Crippen LogP contribution is -2.30. The van der Waals surface area contributed by atoms with Crippen molar-refractivity contribution in [1.82, 2.24) is 9.88 Å². The Labute approximate surface area is 111 Å². The molecule has 0 aromatic carbocycles. The Morgan fingerprint density at radius 2 is 2.39 bits per heavy atom. The highest BCUT2D eigenvalue weighted by atomic mass is 32.2. The molecule has 2 atom stereocenters. The molecule has 2 heterocycles. The van der Waals surface area contributed by atoms with E-state index < -0.39 is 0 Å². The summed E-state index contributed by atoms with van der Waals surface area (Å²) in [6.45, 7) is 3.15. The molecule has 5 heteroatoms. The Balaban J connectivity index is 2.03. The van der Waals surface area contributed by atoms with Crippen LogP contribution in [0, 0.1) is 5.92 Å². The van der Waals surface area contributed by atoms with Gasteiger partial charge in [-0.25, -0.2) is 4.98 Å². The van der Waals surface area contributed by atoms with Crippen molar-refractivity contribution in [2.24, 2.45) is 5.92 Å². The quantitative estimate of drug-likeness (QED) is 0.845. The molecule has 1 aromatic heterocycles. The summed E-state index contributed by atoms with van der Waals surface area (Å²) in [5, 5.41) is 10.4. The van der Waals surface area contributed by atoms with Crippen LogP contribution >= 0.6 is 11.8 Å². The molecule has 1 N–H and O–H groups in total. The first kappa shape index (κ1) is 13.4. The molecule has 0 radical (unpaired) electrons. The highest BCUT2D eigenvalue weighted by Gasteiger charge is 2.29. The van der Waals surface area contributed by atoms with Gasteiger partial charge in [-0.05, 0) is 31.7 Å². The molecular weight excluding hydrogens is 248 g/mol. The van der Waals surface area contributed by atoms with E-state index in [1.807, 2.05) is 18.4 Å². The summed E-state index contributed by atoms with van der Waals surface area (Å²) >= 11 is 1.56. The van der Waals surface area contributed by atoms with Gasteiger partial charge in [0.25, 0.3) is 5.91 Å². The molecule has 1 aliphatic heterocycles. The van der Waals surface area contributed by atoms with E-state index in [4.69, 9.17) is 0 Å². The van der Waals surface area contributed by atoms with Crippen molar-refractivity contribution < 1.29 is 9.90 Å². The SMILES string of the molecule is CSc1ccc(C(=O)N2CCC(C(C)O)C2)cn1. The molecule has 1 aliphatic rings. The van der Waals surface area contributed by atoms with Gasteiger partial charge in [-0.1, -0.05) is 0 Å². The van der Waals surface area contributed by atoms with Gasteiger partial charge in [0.15, 0.2) is 0 Å². The maximum atomic E-state index is 12.2. The van der Waals surface area contributed by atoms with Crippen molar-refractivity contribution in [2.45, 2.75) is 24.5 Å². The molecule has 0 bridgehead atoms. The van der Waals surface area contributed by atoms with Crippen LogP contribution in [0.15, 0.2) is 23.4 Å². The topological polar surface area (TPSA) is 53.4 Å². The average Bonchev–Trinajstić information content (AvgIpc) is 2.88. The minimum Gasteiger partial charge on any atom is -0.393 e.